The van der Waals surface area contributed by atoms with Crippen LogP contribution in [0.2, 0.25) is 0 Å². The van der Waals surface area contributed by atoms with Crippen LogP contribution in [0.3, 0.4) is 0 Å². The average Bonchev–Trinajstić information content (AvgIpc) is 3.00. The Balaban J connectivity index is 1.80. The standard InChI is InChI=1S/C20H27N3O3/c1-21-20(24)9-16-12-22(14-17-5-4-6-23(17)13-16)11-15-7-18(25-2)10-19(8-15)26-3/h4-8,10,16H,9,11-14H2,1-3H3,(H,21,24). The summed E-state index contributed by atoms with van der Waals surface area (Å²) in [7, 11) is 5.02. The topological polar surface area (TPSA) is 55.7 Å². The largest absolute Gasteiger partial charge is 0.497 e. The van der Waals surface area contributed by atoms with Crippen molar-refractivity contribution in [3.63, 3.8) is 0 Å². The number of methoxy groups -OCH3 is 2. The summed E-state index contributed by atoms with van der Waals surface area (Å²) in [5.41, 5.74) is 2.42. The molecular weight excluding hydrogens is 330 g/mol. The quantitative estimate of drug-likeness (QED) is 0.862. The van der Waals surface area contributed by atoms with Crippen molar-refractivity contribution in [1.82, 2.24) is 14.8 Å². The summed E-state index contributed by atoms with van der Waals surface area (Å²) in [5.74, 6) is 1.95. The Hall–Kier alpha value is -2.47. The second-order valence-electron chi connectivity index (χ2n) is 6.79. The van der Waals surface area contributed by atoms with Crippen molar-refractivity contribution >= 4 is 5.91 Å². The number of nitrogens with zero attached hydrogens (tertiary/aromatic N) is 2. The second-order valence-corrected chi connectivity index (χ2v) is 6.79. The number of hydrogen-bond donors (Lipinski definition) is 1. The Kier molecular flexibility index (Phi) is 5.83. The van der Waals surface area contributed by atoms with Crippen LogP contribution in [0, 0.1) is 5.92 Å². The highest BCUT2D eigenvalue weighted by Crippen LogP contribution is 2.26. The zero-order valence-corrected chi connectivity index (χ0v) is 15.7. The highest BCUT2D eigenvalue weighted by Gasteiger charge is 2.23. The smallest absolute Gasteiger partial charge is 0.220 e. The number of ether oxygens (including phenoxy) is 2. The van der Waals surface area contributed by atoms with Gasteiger partial charge in [0.2, 0.25) is 5.91 Å². The SMILES string of the molecule is CNC(=O)CC1CN(Cc2cc(OC)cc(OC)c2)Cc2cccn2C1. The lowest BCUT2D eigenvalue weighted by molar-refractivity contribution is -0.121. The van der Waals surface area contributed by atoms with Gasteiger partial charge in [0.1, 0.15) is 11.5 Å². The molecule has 0 saturated carbocycles. The maximum Gasteiger partial charge on any atom is 0.220 e. The van der Waals surface area contributed by atoms with Crippen LogP contribution >= 0.6 is 0 Å². The normalized spacial score (nSPS) is 17.3. The Morgan fingerprint density at radius 1 is 1.19 bits per heavy atom. The van der Waals surface area contributed by atoms with Gasteiger partial charge in [-0.3, -0.25) is 9.69 Å². The average molecular weight is 357 g/mol. The van der Waals surface area contributed by atoms with Crippen LogP contribution in [0.4, 0.5) is 0 Å². The summed E-state index contributed by atoms with van der Waals surface area (Å²) in [6.07, 6.45) is 2.64. The molecule has 0 radical (unpaired) electrons. The number of amides is 1. The molecule has 1 aromatic carbocycles. The van der Waals surface area contributed by atoms with E-state index in [2.05, 4.69) is 33.1 Å². The summed E-state index contributed by atoms with van der Waals surface area (Å²) >= 11 is 0. The Bertz CT molecular complexity index is 734. The molecule has 3 rings (SSSR count). The number of aromatic nitrogens is 1. The van der Waals surface area contributed by atoms with Gasteiger partial charge in [-0.05, 0) is 35.7 Å². The Morgan fingerprint density at radius 2 is 1.92 bits per heavy atom. The minimum absolute atomic E-state index is 0.0913. The van der Waals surface area contributed by atoms with E-state index < -0.39 is 0 Å². The first-order chi connectivity index (χ1) is 12.6. The molecular formula is C20H27N3O3. The molecule has 0 aliphatic carbocycles. The molecule has 1 amide bonds. The van der Waals surface area contributed by atoms with E-state index in [1.54, 1.807) is 21.3 Å². The van der Waals surface area contributed by atoms with E-state index in [1.165, 1.54) is 5.69 Å². The van der Waals surface area contributed by atoms with Crippen molar-refractivity contribution in [2.24, 2.45) is 5.92 Å². The van der Waals surface area contributed by atoms with E-state index in [-0.39, 0.29) is 11.8 Å². The van der Waals surface area contributed by atoms with Crippen molar-refractivity contribution in [3.05, 3.63) is 47.8 Å². The third kappa shape index (κ3) is 4.38. The third-order valence-corrected chi connectivity index (χ3v) is 4.85. The second kappa shape index (κ2) is 8.27. The van der Waals surface area contributed by atoms with Gasteiger partial charge in [0, 0.05) is 57.6 Å². The number of carbonyl (C=O) groups is 1. The van der Waals surface area contributed by atoms with Crippen LogP contribution < -0.4 is 14.8 Å². The lowest BCUT2D eigenvalue weighted by Crippen LogP contribution is -2.31. The molecule has 0 saturated heterocycles. The Morgan fingerprint density at radius 3 is 2.58 bits per heavy atom. The van der Waals surface area contributed by atoms with Gasteiger partial charge in [0.15, 0.2) is 0 Å². The van der Waals surface area contributed by atoms with Gasteiger partial charge in [-0.15, -0.1) is 0 Å². The minimum atomic E-state index is 0.0913. The molecule has 2 aromatic rings. The van der Waals surface area contributed by atoms with Gasteiger partial charge in [-0.2, -0.15) is 0 Å². The summed E-state index contributed by atoms with van der Waals surface area (Å²) in [6.45, 7) is 3.38. The van der Waals surface area contributed by atoms with E-state index in [0.29, 0.717) is 6.42 Å². The fourth-order valence-corrected chi connectivity index (χ4v) is 3.60. The predicted octanol–water partition coefficient (Wildman–Crippen LogP) is 2.27. The van der Waals surface area contributed by atoms with E-state index in [4.69, 9.17) is 9.47 Å². The van der Waals surface area contributed by atoms with E-state index >= 15 is 0 Å². The molecule has 1 atom stereocenters. The molecule has 26 heavy (non-hydrogen) atoms. The maximum atomic E-state index is 11.9. The van der Waals surface area contributed by atoms with Gasteiger partial charge in [0.05, 0.1) is 14.2 Å². The van der Waals surface area contributed by atoms with Gasteiger partial charge in [0.25, 0.3) is 0 Å². The first-order valence-electron chi connectivity index (χ1n) is 8.90. The predicted molar refractivity (Wildman–Crippen MR) is 100 cm³/mol. The summed E-state index contributed by atoms with van der Waals surface area (Å²) in [6, 6.07) is 10.2. The molecule has 1 aliphatic heterocycles. The van der Waals surface area contributed by atoms with Crippen LogP contribution in [0.25, 0.3) is 0 Å². The van der Waals surface area contributed by atoms with Crippen molar-refractivity contribution in [2.75, 3.05) is 27.8 Å². The number of fused-ring (bicyclic) bond motifs is 1. The van der Waals surface area contributed by atoms with Crippen LogP contribution in [0.5, 0.6) is 11.5 Å². The highest BCUT2D eigenvalue weighted by atomic mass is 16.5. The highest BCUT2D eigenvalue weighted by molar-refractivity contribution is 5.75. The number of rotatable bonds is 6. The van der Waals surface area contributed by atoms with Crippen LogP contribution in [-0.4, -0.2) is 43.2 Å². The van der Waals surface area contributed by atoms with Gasteiger partial charge in [-0.1, -0.05) is 0 Å². The molecule has 0 spiro atoms. The van der Waals surface area contributed by atoms with Crippen LogP contribution in [0.1, 0.15) is 17.7 Å². The van der Waals surface area contributed by atoms with E-state index in [0.717, 1.165) is 43.2 Å². The van der Waals surface area contributed by atoms with Gasteiger partial charge >= 0.3 is 0 Å². The molecule has 1 aliphatic rings. The molecule has 1 N–H and O–H groups in total. The lowest BCUT2D eigenvalue weighted by Gasteiger charge is -2.24. The van der Waals surface area contributed by atoms with Crippen molar-refractivity contribution < 1.29 is 14.3 Å². The molecule has 2 heterocycles. The minimum Gasteiger partial charge on any atom is -0.497 e. The van der Waals surface area contributed by atoms with Crippen molar-refractivity contribution in [1.29, 1.82) is 0 Å². The van der Waals surface area contributed by atoms with Gasteiger partial charge < -0.3 is 19.4 Å². The first-order valence-corrected chi connectivity index (χ1v) is 8.90. The fourth-order valence-electron chi connectivity index (χ4n) is 3.60. The van der Waals surface area contributed by atoms with Crippen LogP contribution in [-0.2, 0) is 24.4 Å². The fraction of sp³-hybridized carbons (Fsp3) is 0.450. The van der Waals surface area contributed by atoms with Crippen molar-refractivity contribution in [2.45, 2.75) is 26.1 Å². The molecule has 6 nitrogen and oxygen atoms in total. The molecule has 1 aromatic heterocycles. The monoisotopic (exact) mass is 357 g/mol. The van der Waals surface area contributed by atoms with Crippen LogP contribution in [0.15, 0.2) is 36.5 Å². The summed E-state index contributed by atoms with van der Waals surface area (Å²) < 4.78 is 13.0. The van der Waals surface area contributed by atoms with E-state index in [9.17, 15) is 4.79 Å². The molecule has 0 fully saturated rings. The number of benzene rings is 1. The number of hydrogen-bond acceptors (Lipinski definition) is 4. The van der Waals surface area contributed by atoms with Gasteiger partial charge in [-0.25, -0.2) is 0 Å². The number of nitrogens with one attached hydrogen (secondary N) is 1. The zero-order chi connectivity index (χ0) is 18.5. The summed E-state index contributed by atoms with van der Waals surface area (Å²) in [4.78, 5) is 14.3. The maximum absolute atomic E-state index is 11.9. The molecule has 140 valence electrons. The lowest BCUT2D eigenvalue weighted by atomic mass is 10.0. The number of carbonyl (C=O) groups excluding carboxylic acids is 1. The third-order valence-electron chi connectivity index (χ3n) is 4.85. The molecule has 6 heteroatoms. The summed E-state index contributed by atoms with van der Waals surface area (Å²) in [5, 5.41) is 2.75. The first kappa shape index (κ1) is 18.3. The molecule has 0 bridgehead atoms. The van der Waals surface area contributed by atoms with Crippen molar-refractivity contribution in [3.8, 4) is 11.5 Å². The zero-order valence-electron chi connectivity index (χ0n) is 15.7. The van der Waals surface area contributed by atoms with E-state index in [1.807, 2.05) is 18.2 Å². The molecule has 1 unspecified atom stereocenters. The Labute approximate surface area is 154 Å².